The van der Waals surface area contributed by atoms with Gasteiger partial charge in [-0.25, -0.2) is 4.98 Å². The molecule has 1 fully saturated rings. The van der Waals surface area contributed by atoms with Crippen LogP contribution in [-0.2, 0) is 9.31 Å². The van der Waals surface area contributed by atoms with Gasteiger partial charge >= 0.3 is 7.12 Å². The van der Waals surface area contributed by atoms with Crippen molar-refractivity contribution in [2.45, 2.75) is 45.8 Å². The molecule has 2 rings (SSSR count). The largest absolute Gasteiger partial charge is 0.502 e. The van der Waals surface area contributed by atoms with Gasteiger partial charge in [0.05, 0.1) is 16.7 Å². The fourth-order valence-corrected chi connectivity index (χ4v) is 1.63. The molecular formula is C11H17BN2O3. The monoisotopic (exact) mass is 236 g/mol. The van der Waals surface area contributed by atoms with Crippen LogP contribution in [0, 0.1) is 6.92 Å². The molecule has 5 nitrogen and oxygen atoms in total. The van der Waals surface area contributed by atoms with Gasteiger partial charge in [-0.05, 0) is 34.6 Å². The first kappa shape index (κ1) is 12.3. The average Bonchev–Trinajstić information content (AvgIpc) is 2.35. The zero-order valence-corrected chi connectivity index (χ0v) is 10.8. The van der Waals surface area contributed by atoms with E-state index in [4.69, 9.17) is 9.31 Å². The van der Waals surface area contributed by atoms with Gasteiger partial charge < -0.3 is 14.3 Å². The van der Waals surface area contributed by atoms with E-state index in [-0.39, 0.29) is 5.56 Å². The van der Waals surface area contributed by atoms with Crippen molar-refractivity contribution in [2.24, 2.45) is 0 Å². The van der Waals surface area contributed by atoms with E-state index in [9.17, 15) is 4.79 Å². The zero-order chi connectivity index (χ0) is 12.8. The summed E-state index contributed by atoms with van der Waals surface area (Å²) < 4.78 is 11.6. The SMILES string of the molecule is Cc1ncc(B2OC(C)(C)C(C)(C)O2)c(=O)[nH]1. The molecular weight excluding hydrogens is 219 g/mol. The summed E-state index contributed by atoms with van der Waals surface area (Å²) in [5.74, 6) is 0.579. The molecule has 0 saturated carbocycles. The van der Waals surface area contributed by atoms with E-state index < -0.39 is 18.3 Å². The van der Waals surface area contributed by atoms with Crippen LogP contribution in [0.1, 0.15) is 33.5 Å². The Bertz CT molecular complexity index is 480. The van der Waals surface area contributed by atoms with Crippen molar-refractivity contribution in [1.29, 1.82) is 0 Å². The van der Waals surface area contributed by atoms with Crippen molar-refractivity contribution in [3.05, 3.63) is 22.4 Å². The number of aryl methyl sites for hydroxylation is 1. The Hall–Kier alpha value is -1.14. The van der Waals surface area contributed by atoms with Crippen molar-refractivity contribution in [3.8, 4) is 0 Å². The predicted molar refractivity (Wildman–Crippen MR) is 65.3 cm³/mol. The molecule has 0 bridgehead atoms. The highest BCUT2D eigenvalue weighted by molar-refractivity contribution is 6.61. The van der Waals surface area contributed by atoms with E-state index in [0.29, 0.717) is 11.3 Å². The molecule has 0 aliphatic carbocycles. The zero-order valence-electron chi connectivity index (χ0n) is 10.8. The van der Waals surface area contributed by atoms with Gasteiger partial charge in [0, 0.05) is 6.20 Å². The Morgan fingerprint density at radius 1 is 1.24 bits per heavy atom. The summed E-state index contributed by atoms with van der Waals surface area (Å²) in [6.45, 7) is 9.52. The molecule has 0 unspecified atom stereocenters. The Morgan fingerprint density at radius 2 is 1.76 bits per heavy atom. The van der Waals surface area contributed by atoms with E-state index in [1.54, 1.807) is 6.92 Å². The molecule has 1 aromatic heterocycles. The molecule has 1 aliphatic rings. The lowest BCUT2D eigenvalue weighted by atomic mass is 9.81. The van der Waals surface area contributed by atoms with Gasteiger partial charge in [0.15, 0.2) is 0 Å². The van der Waals surface area contributed by atoms with Crippen molar-refractivity contribution in [2.75, 3.05) is 0 Å². The molecule has 2 heterocycles. The van der Waals surface area contributed by atoms with Gasteiger partial charge in [0.25, 0.3) is 5.56 Å². The fraction of sp³-hybridized carbons (Fsp3) is 0.636. The van der Waals surface area contributed by atoms with Crippen molar-refractivity contribution in [3.63, 3.8) is 0 Å². The highest BCUT2D eigenvalue weighted by atomic mass is 16.7. The smallest absolute Gasteiger partial charge is 0.399 e. The highest BCUT2D eigenvalue weighted by Gasteiger charge is 2.52. The molecule has 1 aromatic rings. The summed E-state index contributed by atoms with van der Waals surface area (Å²) in [7, 11) is -0.656. The molecule has 0 radical (unpaired) electrons. The van der Waals surface area contributed by atoms with E-state index in [1.165, 1.54) is 6.20 Å². The third kappa shape index (κ3) is 2.02. The van der Waals surface area contributed by atoms with Gasteiger partial charge in [-0.15, -0.1) is 0 Å². The number of aromatic amines is 1. The molecule has 0 atom stereocenters. The molecule has 92 valence electrons. The van der Waals surface area contributed by atoms with Crippen LogP contribution >= 0.6 is 0 Å². The maximum Gasteiger partial charge on any atom is 0.502 e. The number of hydrogen-bond donors (Lipinski definition) is 1. The van der Waals surface area contributed by atoms with Crippen LogP contribution in [0.2, 0.25) is 0 Å². The second kappa shape index (κ2) is 3.68. The summed E-state index contributed by atoms with van der Waals surface area (Å²) in [6.07, 6.45) is 1.51. The van der Waals surface area contributed by atoms with Crippen LogP contribution < -0.4 is 11.0 Å². The first-order valence-electron chi connectivity index (χ1n) is 5.64. The second-order valence-corrected chi connectivity index (χ2v) is 5.34. The Balaban J connectivity index is 2.36. The standard InChI is InChI=1S/C11H17BN2O3/c1-7-13-6-8(9(15)14-7)12-16-10(2,3)11(4,5)17-12/h6H,1-5H3,(H,13,14,15). The second-order valence-electron chi connectivity index (χ2n) is 5.34. The highest BCUT2D eigenvalue weighted by Crippen LogP contribution is 2.36. The first-order valence-corrected chi connectivity index (χ1v) is 5.64. The number of rotatable bonds is 1. The lowest BCUT2D eigenvalue weighted by Crippen LogP contribution is -2.45. The predicted octanol–water partition coefficient (Wildman–Crippen LogP) is 0.378. The Kier molecular flexibility index (Phi) is 2.67. The number of aromatic nitrogens is 2. The molecule has 1 aliphatic heterocycles. The minimum Gasteiger partial charge on any atom is -0.399 e. The average molecular weight is 236 g/mol. The molecule has 1 N–H and O–H groups in total. The minimum absolute atomic E-state index is 0.212. The quantitative estimate of drug-likeness (QED) is 0.716. The summed E-state index contributed by atoms with van der Waals surface area (Å²) >= 11 is 0. The van der Waals surface area contributed by atoms with Gasteiger partial charge in [0.1, 0.15) is 5.82 Å². The van der Waals surface area contributed by atoms with E-state index in [0.717, 1.165) is 0 Å². The normalized spacial score (nSPS) is 21.8. The molecule has 0 spiro atoms. The lowest BCUT2D eigenvalue weighted by molar-refractivity contribution is 0.00578. The van der Waals surface area contributed by atoms with Crippen LogP contribution in [-0.4, -0.2) is 28.3 Å². The first-order chi connectivity index (χ1) is 7.73. The van der Waals surface area contributed by atoms with Crippen LogP contribution in [0.4, 0.5) is 0 Å². The van der Waals surface area contributed by atoms with Crippen LogP contribution in [0.3, 0.4) is 0 Å². The third-order valence-corrected chi connectivity index (χ3v) is 3.46. The van der Waals surface area contributed by atoms with E-state index >= 15 is 0 Å². The molecule has 0 amide bonds. The molecule has 0 aromatic carbocycles. The van der Waals surface area contributed by atoms with E-state index in [2.05, 4.69) is 9.97 Å². The van der Waals surface area contributed by atoms with Gasteiger partial charge in [0.2, 0.25) is 0 Å². The lowest BCUT2D eigenvalue weighted by Gasteiger charge is -2.32. The van der Waals surface area contributed by atoms with Crippen LogP contribution in [0.15, 0.2) is 11.0 Å². The van der Waals surface area contributed by atoms with Gasteiger partial charge in [-0.2, -0.15) is 0 Å². The van der Waals surface area contributed by atoms with Crippen molar-refractivity contribution < 1.29 is 9.31 Å². The van der Waals surface area contributed by atoms with Crippen LogP contribution in [0.25, 0.3) is 0 Å². The molecule has 17 heavy (non-hydrogen) atoms. The topological polar surface area (TPSA) is 64.2 Å². The van der Waals surface area contributed by atoms with Gasteiger partial charge in [-0.1, -0.05) is 0 Å². The summed E-state index contributed by atoms with van der Waals surface area (Å²) in [5.41, 5.74) is -0.700. The maximum absolute atomic E-state index is 11.8. The van der Waals surface area contributed by atoms with E-state index in [1.807, 2.05) is 27.7 Å². The van der Waals surface area contributed by atoms with Gasteiger partial charge in [-0.3, -0.25) is 4.79 Å². The number of nitrogens with one attached hydrogen (secondary N) is 1. The van der Waals surface area contributed by atoms with Crippen molar-refractivity contribution in [1.82, 2.24) is 9.97 Å². The molecule has 1 saturated heterocycles. The number of hydrogen-bond acceptors (Lipinski definition) is 4. The maximum atomic E-state index is 11.8. The molecule has 6 heteroatoms. The van der Waals surface area contributed by atoms with Crippen LogP contribution in [0.5, 0.6) is 0 Å². The number of H-pyrrole nitrogens is 1. The Morgan fingerprint density at radius 3 is 2.24 bits per heavy atom. The third-order valence-electron chi connectivity index (χ3n) is 3.46. The summed E-state index contributed by atoms with van der Waals surface area (Å²) in [5, 5.41) is 0. The summed E-state index contributed by atoms with van der Waals surface area (Å²) in [4.78, 5) is 18.5. The number of nitrogens with zero attached hydrogens (tertiary/aromatic N) is 1. The summed E-state index contributed by atoms with van der Waals surface area (Å²) in [6, 6.07) is 0. The fourth-order valence-electron chi connectivity index (χ4n) is 1.63. The minimum atomic E-state index is -0.656. The Labute approximate surface area is 101 Å². The van der Waals surface area contributed by atoms with Crippen molar-refractivity contribution >= 4 is 12.6 Å².